The monoisotopic (exact) mass is 430 g/mol. The average molecular weight is 431 g/mol. The Morgan fingerprint density at radius 2 is 1.42 bits per heavy atom. The first-order valence-corrected chi connectivity index (χ1v) is 13.7. The minimum absolute atomic E-state index is 0.338. The van der Waals surface area contributed by atoms with Gasteiger partial charge >= 0.3 is 0 Å². The van der Waals surface area contributed by atoms with Crippen LogP contribution < -0.4 is 21.3 Å². The van der Waals surface area contributed by atoms with Crippen LogP contribution in [0.3, 0.4) is 0 Å². The van der Waals surface area contributed by atoms with Gasteiger partial charge in [0.2, 0.25) is 5.91 Å². The second-order valence-electron chi connectivity index (χ2n) is 11.7. The van der Waals surface area contributed by atoms with E-state index in [0.29, 0.717) is 23.8 Å². The van der Waals surface area contributed by atoms with E-state index in [1.165, 1.54) is 103 Å². The third-order valence-corrected chi connectivity index (χ3v) is 9.58. The highest BCUT2D eigenvalue weighted by Crippen LogP contribution is 2.50. The molecule has 0 aromatic rings. The molecule has 31 heavy (non-hydrogen) atoms. The number of carbonyl (C=O) groups excluding carboxylic acids is 1. The van der Waals surface area contributed by atoms with Crippen molar-refractivity contribution in [3.63, 3.8) is 0 Å². The van der Waals surface area contributed by atoms with E-state index in [1.54, 1.807) is 0 Å². The fourth-order valence-electron chi connectivity index (χ4n) is 7.40. The second-order valence-corrected chi connectivity index (χ2v) is 11.7. The Kier molecular flexibility index (Phi) is 7.52. The molecule has 5 unspecified atom stereocenters. The molecule has 5 nitrogen and oxygen atoms in total. The molecular formula is C26H46N4O. The predicted molar refractivity (Wildman–Crippen MR) is 126 cm³/mol. The maximum Gasteiger partial charge on any atom is 0.223 e. The normalized spacial score (nSPS) is 41.4. The molecule has 3 aliphatic carbocycles. The zero-order valence-corrected chi connectivity index (χ0v) is 19.5. The summed E-state index contributed by atoms with van der Waals surface area (Å²) in [4.78, 5) is 12.9. The van der Waals surface area contributed by atoms with Crippen LogP contribution in [0.4, 0.5) is 0 Å². The van der Waals surface area contributed by atoms with Crippen molar-refractivity contribution in [1.82, 2.24) is 21.3 Å². The first-order valence-electron chi connectivity index (χ1n) is 13.7. The highest BCUT2D eigenvalue weighted by Gasteiger charge is 2.48. The lowest BCUT2D eigenvalue weighted by atomic mass is 9.73. The van der Waals surface area contributed by atoms with Crippen LogP contribution in [0.15, 0.2) is 0 Å². The van der Waals surface area contributed by atoms with Crippen molar-refractivity contribution >= 4 is 5.91 Å². The summed E-state index contributed by atoms with van der Waals surface area (Å²) in [5, 5.41) is 14.3. The summed E-state index contributed by atoms with van der Waals surface area (Å²) in [6, 6.07) is 0.454. The number of rotatable bonds is 7. The smallest absolute Gasteiger partial charge is 0.223 e. The van der Waals surface area contributed by atoms with Crippen LogP contribution in [0.1, 0.15) is 70.6 Å². The van der Waals surface area contributed by atoms with Gasteiger partial charge in [-0.25, -0.2) is 0 Å². The average Bonchev–Trinajstić information content (AvgIpc) is 3.61. The first kappa shape index (κ1) is 22.2. The molecule has 0 radical (unpaired) electrons. The molecule has 5 aliphatic rings. The molecule has 176 valence electrons. The van der Waals surface area contributed by atoms with Gasteiger partial charge in [-0.15, -0.1) is 0 Å². The summed E-state index contributed by atoms with van der Waals surface area (Å²) in [5.74, 6) is 5.69. The fourth-order valence-corrected chi connectivity index (χ4v) is 7.40. The first-order chi connectivity index (χ1) is 15.3. The molecule has 0 bridgehead atoms. The van der Waals surface area contributed by atoms with Gasteiger partial charge in [0.25, 0.3) is 0 Å². The Bertz CT molecular complexity index is 584. The van der Waals surface area contributed by atoms with Gasteiger partial charge in [0.1, 0.15) is 0 Å². The number of piperidine rings is 2. The molecule has 0 aromatic carbocycles. The molecule has 5 fully saturated rings. The number of hydrogen-bond donors (Lipinski definition) is 4. The molecule has 1 amide bonds. The number of carbonyl (C=O) groups is 1. The fraction of sp³-hybridized carbons (Fsp3) is 0.962. The number of amides is 1. The second kappa shape index (κ2) is 10.5. The highest BCUT2D eigenvalue weighted by atomic mass is 16.2. The van der Waals surface area contributed by atoms with Crippen molar-refractivity contribution < 1.29 is 4.79 Å². The summed E-state index contributed by atoms with van der Waals surface area (Å²) in [5.41, 5.74) is 0. The van der Waals surface area contributed by atoms with Crippen molar-refractivity contribution in [3.8, 4) is 0 Å². The van der Waals surface area contributed by atoms with Crippen LogP contribution in [0.25, 0.3) is 0 Å². The Balaban J connectivity index is 0.971. The Morgan fingerprint density at radius 1 is 0.710 bits per heavy atom. The minimum atomic E-state index is 0.338. The van der Waals surface area contributed by atoms with E-state index in [1.807, 2.05) is 0 Å². The predicted octanol–water partition coefficient (Wildman–Crippen LogP) is 2.91. The van der Waals surface area contributed by atoms with Gasteiger partial charge < -0.3 is 21.3 Å². The quantitative estimate of drug-likeness (QED) is 0.501. The summed E-state index contributed by atoms with van der Waals surface area (Å²) in [6.07, 6.45) is 14.3. The molecule has 0 spiro atoms. The minimum Gasteiger partial charge on any atom is -0.353 e. The van der Waals surface area contributed by atoms with E-state index >= 15 is 0 Å². The highest BCUT2D eigenvalue weighted by molar-refractivity contribution is 5.81. The summed E-state index contributed by atoms with van der Waals surface area (Å²) >= 11 is 0. The summed E-state index contributed by atoms with van der Waals surface area (Å²) < 4.78 is 0. The van der Waals surface area contributed by atoms with Crippen LogP contribution in [-0.2, 0) is 4.79 Å². The molecule has 2 saturated heterocycles. The molecule has 3 saturated carbocycles. The van der Waals surface area contributed by atoms with Crippen LogP contribution in [-0.4, -0.2) is 51.2 Å². The van der Waals surface area contributed by atoms with E-state index < -0.39 is 0 Å². The van der Waals surface area contributed by atoms with Crippen molar-refractivity contribution in [2.24, 2.45) is 41.4 Å². The standard InChI is InChI=1S/C26H46N4O/c31-26(30-23-6-5-22-17-28-12-9-21(22)13-23)25-14-24(25)20-3-1-18(2-4-20)15-29-16-19-7-10-27-11-8-19/h18-25,27-29H,1-17H2,(H,30,31). The molecule has 5 rings (SSSR count). The lowest BCUT2D eigenvalue weighted by Crippen LogP contribution is -2.46. The van der Waals surface area contributed by atoms with Crippen LogP contribution >= 0.6 is 0 Å². The number of fused-ring (bicyclic) bond motifs is 1. The summed E-state index contributed by atoms with van der Waals surface area (Å²) in [6.45, 7) is 7.20. The van der Waals surface area contributed by atoms with Crippen LogP contribution in [0, 0.1) is 41.4 Å². The Hall–Kier alpha value is -0.650. The maximum atomic E-state index is 12.9. The summed E-state index contributed by atoms with van der Waals surface area (Å²) in [7, 11) is 0. The number of nitrogens with one attached hydrogen (secondary N) is 4. The van der Waals surface area contributed by atoms with Crippen molar-refractivity contribution in [1.29, 1.82) is 0 Å². The molecule has 2 aliphatic heterocycles. The van der Waals surface area contributed by atoms with Gasteiger partial charge in [-0.3, -0.25) is 4.79 Å². The van der Waals surface area contributed by atoms with Gasteiger partial charge in [-0.2, -0.15) is 0 Å². The largest absolute Gasteiger partial charge is 0.353 e. The van der Waals surface area contributed by atoms with Gasteiger partial charge in [-0.1, -0.05) is 0 Å². The molecule has 0 aromatic heterocycles. The van der Waals surface area contributed by atoms with E-state index in [2.05, 4.69) is 21.3 Å². The van der Waals surface area contributed by atoms with Crippen molar-refractivity contribution in [3.05, 3.63) is 0 Å². The molecule has 5 atom stereocenters. The molecule has 4 N–H and O–H groups in total. The van der Waals surface area contributed by atoms with Crippen molar-refractivity contribution in [2.75, 3.05) is 39.3 Å². The van der Waals surface area contributed by atoms with E-state index in [9.17, 15) is 4.79 Å². The van der Waals surface area contributed by atoms with Crippen LogP contribution in [0.2, 0.25) is 0 Å². The SMILES string of the molecule is O=C(NC1CCC2CNCCC2C1)C1CC1C1CCC(CNCC2CCNCC2)CC1. The zero-order chi connectivity index (χ0) is 21.0. The van der Waals surface area contributed by atoms with Crippen LogP contribution in [0.5, 0.6) is 0 Å². The third-order valence-electron chi connectivity index (χ3n) is 9.58. The topological polar surface area (TPSA) is 65.2 Å². The lowest BCUT2D eigenvalue weighted by Gasteiger charge is -2.39. The van der Waals surface area contributed by atoms with Crippen molar-refractivity contribution in [2.45, 2.75) is 76.7 Å². The van der Waals surface area contributed by atoms with Gasteiger partial charge in [-0.05, 0) is 145 Å². The Morgan fingerprint density at radius 3 is 2.23 bits per heavy atom. The van der Waals surface area contributed by atoms with E-state index in [0.717, 1.165) is 36.0 Å². The maximum absolute atomic E-state index is 12.9. The van der Waals surface area contributed by atoms with E-state index in [-0.39, 0.29) is 0 Å². The lowest BCUT2D eigenvalue weighted by molar-refractivity contribution is -0.124. The van der Waals surface area contributed by atoms with Gasteiger partial charge in [0.15, 0.2) is 0 Å². The zero-order valence-electron chi connectivity index (χ0n) is 19.5. The molecule has 2 heterocycles. The van der Waals surface area contributed by atoms with Gasteiger partial charge in [0, 0.05) is 12.0 Å². The van der Waals surface area contributed by atoms with E-state index in [4.69, 9.17) is 0 Å². The third kappa shape index (κ3) is 5.83. The molecule has 5 heteroatoms. The molecular weight excluding hydrogens is 384 g/mol. The number of hydrogen-bond acceptors (Lipinski definition) is 4. The Labute approximate surface area is 189 Å². The van der Waals surface area contributed by atoms with Gasteiger partial charge in [0.05, 0.1) is 0 Å².